The average molecular weight is 320 g/mol. The zero-order valence-electron chi connectivity index (χ0n) is 10.1. The Morgan fingerprint density at radius 3 is 2.83 bits per heavy atom. The quantitative estimate of drug-likeness (QED) is 0.869. The highest BCUT2D eigenvalue weighted by atomic mass is 79.9. The Balaban J connectivity index is 2.16. The normalized spacial score (nSPS) is 25.4. The number of rotatable bonds is 3. The van der Waals surface area contributed by atoms with E-state index in [-0.39, 0.29) is 34.5 Å². The van der Waals surface area contributed by atoms with Gasteiger partial charge in [-0.3, -0.25) is 0 Å². The Kier molecular flexibility index (Phi) is 4.35. The van der Waals surface area contributed by atoms with Gasteiger partial charge in [-0.25, -0.2) is 8.78 Å². The summed E-state index contributed by atoms with van der Waals surface area (Å²) in [5.41, 5.74) is 6.11. The fourth-order valence-corrected chi connectivity index (χ4v) is 2.83. The summed E-state index contributed by atoms with van der Waals surface area (Å²) < 4.78 is 33.2. The number of hydrogen-bond donors (Lipinski definition) is 1. The van der Waals surface area contributed by atoms with E-state index in [0.717, 1.165) is 6.42 Å². The number of ether oxygens (including phenoxy) is 1. The molecule has 0 spiro atoms. The molecule has 1 aromatic carbocycles. The van der Waals surface area contributed by atoms with E-state index < -0.39 is 11.6 Å². The topological polar surface area (TPSA) is 35.2 Å². The van der Waals surface area contributed by atoms with Gasteiger partial charge in [0.05, 0.1) is 10.6 Å². The summed E-state index contributed by atoms with van der Waals surface area (Å²) in [7, 11) is 0. The van der Waals surface area contributed by atoms with Gasteiger partial charge in [-0.2, -0.15) is 0 Å². The van der Waals surface area contributed by atoms with Gasteiger partial charge in [0.15, 0.2) is 0 Å². The molecule has 0 bridgehead atoms. The van der Waals surface area contributed by atoms with Crippen LogP contribution in [-0.4, -0.2) is 18.8 Å². The van der Waals surface area contributed by atoms with Gasteiger partial charge in [0.25, 0.3) is 0 Å². The molecule has 5 heteroatoms. The summed E-state index contributed by atoms with van der Waals surface area (Å²) in [6.07, 6.45) is 1.09. The van der Waals surface area contributed by atoms with E-state index in [9.17, 15) is 8.78 Å². The monoisotopic (exact) mass is 319 g/mol. The molecule has 2 nitrogen and oxygen atoms in total. The van der Waals surface area contributed by atoms with Crippen molar-refractivity contribution in [3.8, 4) is 0 Å². The van der Waals surface area contributed by atoms with Gasteiger partial charge in [-0.1, -0.05) is 0 Å². The second kappa shape index (κ2) is 5.63. The molecule has 3 unspecified atom stereocenters. The van der Waals surface area contributed by atoms with Crippen molar-refractivity contribution >= 4 is 15.9 Å². The fourth-order valence-electron chi connectivity index (χ4n) is 2.45. The Hall–Kier alpha value is -0.520. The largest absolute Gasteiger partial charge is 0.378 e. The Labute approximate surface area is 114 Å². The second-order valence-corrected chi connectivity index (χ2v) is 5.57. The van der Waals surface area contributed by atoms with Crippen LogP contribution in [0.1, 0.15) is 18.9 Å². The van der Waals surface area contributed by atoms with Crippen molar-refractivity contribution in [2.45, 2.75) is 31.9 Å². The standard InChI is InChI=1S/C13H16BrF2NO/c1-7-8(4-5-18-7)12(17)6-9-11(15)3-2-10(14)13(9)16/h2-3,7-8,12H,4-6,17H2,1H3. The van der Waals surface area contributed by atoms with Gasteiger partial charge in [0.1, 0.15) is 11.6 Å². The lowest BCUT2D eigenvalue weighted by Crippen LogP contribution is -2.36. The molecule has 100 valence electrons. The van der Waals surface area contributed by atoms with Crippen LogP contribution in [0, 0.1) is 17.6 Å². The molecule has 0 amide bonds. The Morgan fingerprint density at radius 2 is 2.22 bits per heavy atom. The Morgan fingerprint density at radius 1 is 1.50 bits per heavy atom. The molecule has 1 aliphatic rings. The molecule has 1 fully saturated rings. The first kappa shape index (κ1) is 13.9. The molecule has 0 aliphatic carbocycles. The molecule has 0 radical (unpaired) electrons. The van der Waals surface area contributed by atoms with Crippen LogP contribution in [0.25, 0.3) is 0 Å². The lowest BCUT2D eigenvalue weighted by Gasteiger charge is -2.22. The molecule has 18 heavy (non-hydrogen) atoms. The van der Waals surface area contributed by atoms with Crippen LogP contribution in [0.15, 0.2) is 16.6 Å². The molecule has 0 aromatic heterocycles. The minimum Gasteiger partial charge on any atom is -0.378 e. The van der Waals surface area contributed by atoms with E-state index in [4.69, 9.17) is 10.5 Å². The molecule has 1 aliphatic heterocycles. The third kappa shape index (κ3) is 2.73. The van der Waals surface area contributed by atoms with E-state index >= 15 is 0 Å². The molecule has 1 heterocycles. The van der Waals surface area contributed by atoms with Gasteiger partial charge in [-0.15, -0.1) is 0 Å². The van der Waals surface area contributed by atoms with Gasteiger partial charge < -0.3 is 10.5 Å². The molecule has 1 aromatic rings. The highest BCUT2D eigenvalue weighted by Gasteiger charge is 2.31. The van der Waals surface area contributed by atoms with Crippen molar-refractivity contribution in [2.24, 2.45) is 11.7 Å². The maximum absolute atomic E-state index is 13.8. The summed E-state index contributed by atoms with van der Waals surface area (Å²) in [6, 6.07) is 2.32. The van der Waals surface area contributed by atoms with Gasteiger partial charge in [-0.05, 0) is 47.8 Å². The SMILES string of the molecule is CC1OCCC1C(N)Cc1c(F)ccc(Br)c1F. The van der Waals surface area contributed by atoms with Gasteiger partial charge >= 0.3 is 0 Å². The number of nitrogens with two attached hydrogens (primary N) is 1. The molecule has 0 saturated carbocycles. The summed E-state index contributed by atoms with van der Waals surface area (Å²) in [5, 5.41) is 0. The predicted octanol–water partition coefficient (Wildman–Crippen LogP) is 3.02. The van der Waals surface area contributed by atoms with E-state index in [1.54, 1.807) is 0 Å². The highest BCUT2D eigenvalue weighted by molar-refractivity contribution is 9.10. The van der Waals surface area contributed by atoms with Crippen molar-refractivity contribution < 1.29 is 13.5 Å². The first-order valence-corrected chi connectivity index (χ1v) is 6.79. The average Bonchev–Trinajstić information content (AvgIpc) is 2.76. The van der Waals surface area contributed by atoms with Crippen molar-refractivity contribution in [3.05, 3.63) is 33.8 Å². The number of benzene rings is 1. The maximum atomic E-state index is 13.8. The molecule has 3 atom stereocenters. The first-order chi connectivity index (χ1) is 8.50. The fraction of sp³-hybridized carbons (Fsp3) is 0.538. The van der Waals surface area contributed by atoms with Gasteiger partial charge in [0, 0.05) is 24.1 Å². The van der Waals surface area contributed by atoms with Gasteiger partial charge in [0.2, 0.25) is 0 Å². The van der Waals surface area contributed by atoms with Crippen molar-refractivity contribution in [1.82, 2.24) is 0 Å². The van der Waals surface area contributed by atoms with Crippen LogP contribution in [0.3, 0.4) is 0 Å². The predicted molar refractivity (Wildman–Crippen MR) is 69.3 cm³/mol. The molecule has 2 N–H and O–H groups in total. The second-order valence-electron chi connectivity index (χ2n) is 4.72. The maximum Gasteiger partial charge on any atom is 0.143 e. The van der Waals surface area contributed by atoms with E-state index in [2.05, 4.69) is 15.9 Å². The zero-order chi connectivity index (χ0) is 13.3. The smallest absolute Gasteiger partial charge is 0.143 e. The highest BCUT2D eigenvalue weighted by Crippen LogP contribution is 2.28. The van der Waals surface area contributed by atoms with E-state index in [1.165, 1.54) is 12.1 Å². The zero-order valence-corrected chi connectivity index (χ0v) is 11.7. The van der Waals surface area contributed by atoms with E-state index in [0.29, 0.717) is 6.61 Å². The van der Waals surface area contributed by atoms with Crippen LogP contribution in [0.2, 0.25) is 0 Å². The molecular weight excluding hydrogens is 304 g/mol. The number of hydrogen-bond acceptors (Lipinski definition) is 2. The Bertz CT molecular complexity index is 441. The van der Waals surface area contributed by atoms with Crippen LogP contribution >= 0.6 is 15.9 Å². The number of halogens is 3. The van der Waals surface area contributed by atoms with E-state index in [1.807, 2.05) is 6.92 Å². The summed E-state index contributed by atoms with van der Waals surface area (Å²) >= 11 is 3.06. The molecule has 1 saturated heterocycles. The summed E-state index contributed by atoms with van der Waals surface area (Å²) in [5.74, 6) is -0.947. The minimum atomic E-state index is -0.558. The first-order valence-electron chi connectivity index (χ1n) is 6.00. The third-order valence-electron chi connectivity index (χ3n) is 3.56. The van der Waals surface area contributed by atoms with Crippen LogP contribution in [0.5, 0.6) is 0 Å². The van der Waals surface area contributed by atoms with Crippen LogP contribution < -0.4 is 5.73 Å². The lowest BCUT2D eigenvalue weighted by molar-refractivity contribution is 0.0993. The van der Waals surface area contributed by atoms with Crippen LogP contribution in [0.4, 0.5) is 8.78 Å². The summed E-state index contributed by atoms with van der Waals surface area (Å²) in [6.45, 7) is 2.62. The minimum absolute atomic E-state index is 0.0518. The molecule has 2 rings (SSSR count). The van der Waals surface area contributed by atoms with Crippen molar-refractivity contribution in [2.75, 3.05) is 6.61 Å². The summed E-state index contributed by atoms with van der Waals surface area (Å²) in [4.78, 5) is 0. The lowest BCUT2D eigenvalue weighted by atomic mass is 9.89. The third-order valence-corrected chi connectivity index (χ3v) is 4.18. The van der Waals surface area contributed by atoms with Crippen molar-refractivity contribution in [3.63, 3.8) is 0 Å². The van der Waals surface area contributed by atoms with Crippen molar-refractivity contribution in [1.29, 1.82) is 0 Å². The molecular formula is C13H16BrF2NO. The van der Waals surface area contributed by atoms with Crippen LogP contribution in [-0.2, 0) is 11.2 Å².